The summed E-state index contributed by atoms with van der Waals surface area (Å²) in [6.45, 7) is 5.74. The summed E-state index contributed by atoms with van der Waals surface area (Å²) in [7, 11) is 0. The standard InChI is InChI=1S/C13H18N2OS/c1-9-4-3-5-10(12(14)17)11(9)15-13(2)6-7-16-8-13/h3-5,15H,6-8H2,1-2H3,(H2,14,17). The van der Waals surface area contributed by atoms with Gasteiger partial charge in [0.1, 0.15) is 4.99 Å². The van der Waals surface area contributed by atoms with E-state index in [2.05, 4.69) is 25.2 Å². The maximum atomic E-state index is 5.76. The maximum absolute atomic E-state index is 5.76. The fourth-order valence-electron chi connectivity index (χ4n) is 2.11. The minimum atomic E-state index is -0.0222. The Labute approximate surface area is 107 Å². The Morgan fingerprint density at radius 3 is 2.88 bits per heavy atom. The number of hydrogen-bond donors (Lipinski definition) is 2. The van der Waals surface area contributed by atoms with Crippen molar-refractivity contribution in [3.63, 3.8) is 0 Å². The number of para-hydroxylation sites is 1. The predicted octanol–water partition coefficient (Wildman–Crippen LogP) is 2.22. The van der Waals surface area contributed by atoms with E-state index in [4.69, 9.17) is 22.7 Å². The molecular formula is C13H18N2OS. The number of hydrogen-bond acceptors (Lipinski definition) is 3. The molecule has 1 aromatic carbocycles. The summed E-state index contributed by atoms with van der Waals surface area (Å²) >= 11 is 5.09. The van der Waals surface area contributed by atoms with Crippen molar-refractivity contribution in [1.29, 1.82) is 0 Å². The number of thiocarbonyl (C=S) groups is 1. The van der Waals surface area contributed by atoms with Crippen LogP contribution in [0.1, 0.15) is 24.5 Å². The number of rotatable bonds is 3. The largest absolute Gasteiger partial charge is 0.389 e. The molecule has 0 radical (unpaired) electrons. The van der Waals surface area contributed by atoms with Crippen LogP contribution < -0.4 is 11.1 Å². The molecule has 2 rings (SSSR count). The molecule has 17 heavy (non-hydrogen) atoms. The second-order valence-corrected chi connectivity index (χ2v) is 5.29. The molecule has 1 saturated heterocycles. The minimum Gasteiger partial charge on any atom is -0.389 e. The van der Waals surface area contributed by atoms with Crippen LogP contribution >= 0.6 is 12.2 Å². The van der Waals surface area contributed by atoms with E-state index in [1.807, 2.05) is 12.1 Å². The Bertz CT molecular complexity index is 439. The monoisotopic (exact) mass is 250 g/mol. The quantitative estimate of drug-likeness (QED) is 0.808. The molecule has 0 aliphatic carbocycles. The summed E-state index contributed by atoms with van der Waals surface area (Å²) in [6, 6.07) is 5.99. The first-order valence-corrected chi connectivity index (χ1v) is 6.18. The Kier molecular flexibility index (Phi) is 3.35. The van der Waals surface area contributed by atoms with Gasteiger partial charge in [0, 0.05) is 17.9 Å². The average molecular weight is 250 g/mol. The maximum Gasteiger partial charge on any atom is 0.106 e. The molecule has 1 fully saturated rings. The predicted molar refractivity (Wildman–Crippen MR) is 74.5 cm³/mol. The highest BCUT2D eigenvalue weighted by Crippen LogP contribution is 2.28. The molecule has 3 N–H and O–H groups in total. The van der Waals surface area contributed by atoms with Gasteiger partial charge in [0.15, 0.2) is 0 Å². The van der Waals surface area contributed by atoms with Gasteiger partial charge in [0.25, 0.3) is 0 Å². The van der Waals surface area contributed by atoms with Crippen molar-refractivity contribution >= 4 is 22.9 Å². The molecule has 4 heteroatoms. The van der Waals surface area contributed by atoms with Crippen molar-refractivity contribution in [3.8, 4) is 0 Å². The molecule has 1 atom stereocenters. The van der Waals surface area contributed by atoms with Crippen LogP contribution in [0.5, 0.6) is 0 Å². The van der Waals surface area contributed by atoms with Gasteiger partial charge >= 0.3 is 0 Å². The fourth-order valence-corrected chi connectivity index (χ4v) is 2.28. The van der Waals surface area contributed by atoms with E-state index in [0.717, 1.165) is 36.4 Å². The fraction of sp³-hybridized carbons (Fsp3) is 0.462. The van der Waals surface area contributed by atoms with E-state index < -0.39 is 0 Å². The SMILES string of the molecule is Cc1cccc(C(N)=S)c1NC1(C)CCOC1. The zero-order valence-corrected chi connectivity index (χ0v) is 11.1. The molecule has 1 aliphatic rings. The first-order valence-electron chi connectivity index (χ1n) is 5.77. The highest BCUT2D eigenvalue weighted by Gasteiger charge is 2.30. The van der Waals surface area contributed by atoms with Gasteiger partial charge in [-0.15, -0.1) is 0 Å². The van der Waals surface area contributed by atoms with E-state index in [9.17, 15) is 0 Å². The molecule has 92 valence electrons. The average Bonchev–Trinajstić information content (AvgIpc) is 2.68. The Balaban J connectivity index is 2.34. The van der Waals surface area contributed by atoms with Crippen molar-refractivity contribution in [1.82, 2.24) is 0 Å². The minimum absolute atomic E-state index is 0.0222. The van der Waals surface area contributed by atoms with Crippen LogP contribution in [0.3, 0.4) is 0 Å². The van der Waals surface area contributed by atoms with Crippen LogP contribution in [0.25, 0.3) is 0 Å². The number of aryl methyl sites for hydroxylation is 1. The molecule has 0 spiro atoms. The van der Waals surface area contributed by atoms with Crippen molar-refractivity contribution < 1.29 is 4.74 Å². The highest BCUT2D eigenvalue weighted by atomic mass is 32.1. The summed E-state index contributed by atoms with van der Waals surface area (Å²) in [4.78, 5) is 0.429. The van der Waals surface area contributed by atoms with Gasteiger partial charge in [0.05, 0.1) is 12.1 Å². The summed E-state index contributed by atoms with van der Waals surface area (Å²) in [5.41, 5.74) is 8.84. The molecule has 3 nitrogen and oxygen atoms in total. The number of nitrogens with one attached hydrogen (secondary N) is 1. The van der Waals surface area contributed by atoms with Crippen molar-refractivity contribution in [2.45, 2.75) is 25.8 Å². The third-order valence-electron chi connectivity index (χ3n) is 3.18. The lowest BCUT2D eigenvalue weighted by molar-refractivity contribution is 0.185. The van der Waals surface area contributed by atoms with Gasteiger partial charge in [-0.2, -0.15) is 0 Å². The molecule has 0 saturated carbocycles. The van der Waals surface area contributed by atoms with Crippen LogP contribution in [-0.4, -0.2) is 23.7 Å². The van der Waals surface area contributed by atoms with Gasteiger partial charge in [-0.25, -0.2) is 0 Å². The van der Waals surface area contributed by atoms with Crippen LogP contribution in [0.15, 0.2) is 18.2 Å². The Morgan fingerprint density at radius 2 is 2.29 bits per heavy atom. The van der Waals surface area contributed by atoms with Crippen LogP contribution in [0.4, 0.5) is 5.69 Å². The third kappa shape index (κ3) is 2.58. The van der Waals surface area contributed by atoms with Gasteiger partial charge in [-0.3, -0.25) is 0 Å². The van der Waals surface area contributed by atoms with Gasteiger partial charge in [0.2, 0.25) is 0 Å². The van der Waals surface area contributed by atoms with Crippen molar-refractivity contribution in [2.24, 2.45) is 5.73 Å². The van der Waals surface area contributed by atoms with E-state index in [0.29, 0.717) is 4.99 Å². The topological polar surface area (TPSA) is 47.3 Å². The molecule has 1 unspecified atom stereocenters. The summed E-state index contributed by atoms with van der Waals surface area (Å²) < 4.78 is 5.45. The van der Waals surface area contributed by atoms with Crippen LogP contribution in [0.2, 0.25) is 0 Å². The number of benzene rings is 1. The van der Waals surface area contributed by atoms with Gasteiger partial charge in [-0.05, 0) is 31.9 Å². The molecule has 0 amide bonds. The molecule has 1 heterocycles. The van der Waals surface area contributed by atoms with E-state index in [1.165, 1.54) is 0 Å². The second kappa shape index (κ2) is 4.63. The first-order chi connectivity index (χ1) is 8.02. The normalized spacial score (nSPS) is 23.6. The molecule has 0 bridgehead atoms. The van der Waals surface area contributed by atoms with Gasteiger partial charge < -0.3 is 15.8 Å². The summed E-state index contributed by atoms with van der Waals surface area (Å²) in [5.74, 6) is 0. The summed E-state index contributed by atoms with van der Waals surface area (Å²) in [6.07, 6.45) is 0.998. The highest BCUT2D eigenvalue weighted by molar-refractivity contribution is 7.80. The van der Waals surface area contributed by atoms with E-state index in [1.54, 1.807) is 0 Å². The van der Waals surface area contributed by atoms with Gasteiger partial charge in [-0.1, -0.05) is 24.4 Å². The zero-order chi connectivity index (χ0) is 12.5. The van der Waals surface area contributed by atoms with Crippen molar-refractivity contribution in [3.05, 3.63) is 29.3 Å². The van der Waals surface area contributed by atoms with E-state index >= 15 is 0 Å². The third-order valence-corrected chi connectivity index (χ3v) is 3.40. The lowest BCUT2D eigenvalue weighted by atomic mass is 9.98. The van der Waals surface area contributed by atoms with Crippen LogP contribution in [0, 0.1) is 6.92 Å². The lowest BCUT2D eigenvalue weighted by Crippen LogP contribution is -2.36. The summed E-state index contributed by atoms with van der Waals surface area (Å²) in [5, 5.41) is 3.54. The van der Waals surface area contributed by atoms with Crippen molar-refractivity contribution in [2.75, 3.05) is 18.5 Å². The molecule has 1 aliphatic heterocycles. The number of nitrogens with two attached hydrogens (primary N) is 1. The molecular weight excluding hydrogens is 232 g/mol. The number of ether oxygens (including phenoxy) is 1. The zero-order valence-electron chi connectivity index (χ0n) is 10.2. The second-order valence-electron chi connectivity index (χ2n) is 4.85. The smallest absolute Gasteiger partial charge is 0.106 e. The number of anilines is 1. The Hall–Kier alpha value is -1.13. The lowest BCUT2D eigenvalue weighted by Gasteiger charge is -2.27. The molecule has 0 aromatic heterocycles. The van der Waals surface area contributed by atoms with Crippen LogP contribution in [-0.2, 0) is 4.74 Å². The van der Waals surface area contributed by atoms with E-state index in [-0.39, 0.29) is 5.54 Å². The molecule has 1 aromatic rings. The Morgan fingerprint density at radius 1 is 1.53 bits per heavy atom. The first kappa shape index (κ1) is 12.3.